The average Bonchev–Trinajstić information content (AvgIpc) is 2.39. The lowest BCUT2D eigenvalue weighted by molar-refractivity contribution is 0.255. The highest BCUT2D eigenvalue weighted by Gasteiger charge is 2.11. The monoisotopic (exact) mass is 270 g/mol. The van der Waals surface area contributed by atoms with Gasteiger partial charge in [-0.05, 0) is 18.8 Å². The van der Waals surface area contributed by atoms with Gasteiger partial charge in [-0.3, -0.25) is 9.36 Å². The van der Waals surface area contributed by atoms with E-state index in [0.29, 0.717) is 18.9 Å². The molecule has 0 aliphatic rings. The molecule has 1 heterocycles. The van der Waals surface area contributed by atoms with Crippen LogP contribution in [0.1, 0.15) is 26.2 Å². The van der Waals surface area contributed by atoms with Gasteiger partial charge in [0.25, 0.3) is 5.56 Å². The summed E-state index contributed by atoms with van der Waals surface area (Å²) >= 11 is 0. The van der Waals surface area contributed by atoms with E-state index in [2.05, 4.69) is 17.3 Å². The number of hydrogen-bond acceptors (Lipinski definition) is 5. The maximum atomic E-state index is 11.8. The van der Waals surface area contributed by atoms with Gasteiger partial charge in [-0.15, -0.1) is 5.10 Å². The third-order valence-corrected chi connectivity index (χ3v) is 3.11. The zero-order chi connectivity index (χ0) is 14.4. The number of anilines is 1. The summed E-state index contributed by atoms with van der Waals surface area (Å²) in [5.74, 6) is 0.461. The van der Waals surface area contributed by atoms with Gasteiger partial charge in [0.1, 0.15) is 0 Å². The Labute approximate surface area is 111 Å². The first kappa shape index (κ1) is 15.4. The van der Waals surface area contributed by atoms with Gasteiger partial charge in [0, 0.05) is 27.2 Å². The number of rotatable bonds is 7. The average molecular weight is 270 g/mol. The number of aliphatic hydroxyl groups is 1. The van der Waals surface area contributed by atoms with E-state index in [1.807, 2.05) is 0 Å². The van der Waals surface area contributed by atoms with Crippen molar-refractivity contribution in [2.45, 2.75) is 26.2 Å². The molecule has 0 spiro atoms. The van der Waals surface area contributed by atoms with Crippen LogP contribution in [0.25, 0.3) is 0 Å². The molecule has 2 N–H and O–H groups in total. The van der Waals surface area contributed by atoms with Crippen molar-refractivity contribution in [2.24, 2.45) is 20.0 Å². The molecule has 1 aromatic rings. The van der Waals surface area contributed by atoms with E-state index in [1.165, 1.54) is 14.1 Å². The van der Waals surface area contributed by atoms with Gasteiger partial charge in [0.05, 0.1) is 0 Å². The van der Waals surface area contributed by atoms with Gasteiger partial charge >= 0.3 is 5.69 Å². The molecule has 108 valence electrons. The minimum atomic E-state index is -0.448. The van der Waals surface area contributed by atoms with Gasteiger partial charge in [-0.2, -0.15) is 0 Å². The number of hydrogen-bond donors (Lipinski definition) is 2. The van der Waals surface area contributed by atoms with E-state index in [0.717, 1.165) is 22.1 Å². The maximum Gasteiger partial charge on any atom is 0.346 e. The maximum absolute atomic E-state index is 11.8. The molecule has 1 unspecified atom stereocenters. The molecule has 0 aliphatic carbocycles. The molecule has 7 nitrogen and oxygen atoms in total. The minimum Gasteiger partial charge on any atom is -0.396 e. The Morgan fingerprint density at radius 2 is 2.00 bits per heavy atom. The van der Waals surface area contributed by atoms with E-state index >= 15 is 0 Å². The van der Waals surface area contributed by atoms with Crippen molar-refractivity contribution in [3.63, 3.8) is 0 Å². The third kappa shape index (κ3) is 3.92. The number of nitrogens with zero attached hydrogens (tertiary/aromatic N) is 3. The zero-order valence-electron chi connectivity index (χ0n) is 11.7. The smallest absolute Gasteiger partial charge is 0.346 e. The summed E-state index contributed by atoms with van der Waals surface area (Å²) in [5.41, 5.74) is -0.877. The van der Waals surface area contributed by atoms with Crippen LogP contribution in [0.5, 0.6) is 0 Å². The molecule has 0 radical (unpaired) electrons. The summed E-state index contributed by atoms with van der Waals surface area (Å²) in [7, 11) is 2.93. The predicted molar refractivity (Wildman–Crippen MR) is 73.3 cm³/mol. The number of aliphatic hydroxyl groups excluding tert-OH is 1. The normalized spacial score (nSPS) is 12.4. The van der Waals surface area contributed by atoms with Crippen LogP contribution < -0.4 is 16.6 Å². The minimum absolute atomic E-state index is 0.130. The molecular weight excluding hydrogens is 248 g/mol. The van der Waals surface area contributed by atoms with Crippen molar-refractivity contribution in [2.75, 3.05) is 18.5 Å². The van der Waals surface area contributed by atoms with Crippen LogP contribution >= 0.6 is 0 Å². The second kappa shape index (κ2) is 7.08. The quantitative estimate of drug-likeness (QED) is 0.709. The van der Waals surface area contributed by atoms with Crippen molar-refractivity contribution in [1.82, 2.24) is 14.3 Å². The van der Waals surface area contributed by atoms with Gasteiger partial charge in [0.2, 0.25) is 5.82 Å². The van der Waals surface area contributed by atoms with Gasteiger partial charge in [-0.1, -0.05) is 13.3 Å². The van der Waals surface area contributed by atoms with E-state index in [-0.39, 0.29) is 12.4 Å². The Hall–Kier alpha value is -1.63. The molecule has 0 bridgehead atoms. The van der Waals surface area contributed by atoms with E-state index in [4.69, 9.17) is 5.11 Å². The molecule has 7 heteroatoms. The summed E-state index contributed by atoms with van der Waals surface area (Å²) in [4.78, 5) is 23.3. The SMILES string of the molecule is CCCC(CCO)CNc1nn(C)c(=O)n(C)c1=O. The molecular formula is C12H22N4O3. The summed E-state index contributed by atoms with van der Waals surface area (Å²) in [6.07, 6.45) is 2.68. The largest absolute Gasteiger partial charge is 0.396 e. The molecule has 1 aromatic heterocycles. The Bertz CT molecular complexity index is 515. The molecule has 1 rings (SSSR count). The highest BCUT2D eigenvalue weighted by molar-refractivity contribution is 5.29. The van der Waals surface area contributed by atoms with Crippen molar-refractivity contribution >= 4 is 5.82 Å². The first-order valence-corrected chi connectivity index (χ1v) is 6.50. The number of aryl methyl sites for hydroxylation is 1. The molecule has 0 saturated carbocycles. The second-order valence-electron chi connectivity index (χ2n) is 4.67. The zero-order valence-corrected chi connectivity index (χ0v) is 11.7. The summed E-state index contributed by atoms with van der Waals surface area (Å²) in [5, 5.41) is 15.9. The predicted octanol–water partition coefficient (Wildman–Crippen LogP) is -0.310. The lowest BCUT2D eigenvalue weighted by Crippen LogP contribution is -2.40. The molecule has 0 fully saturated rings. The molecule has 0 aliphatic heterocycles. The van der Waals surface area contributed by atoms with Crippen LogP contribution in [-0.2, 0) is 14.1 Å². The van der Waals surface area contributed by atoms with Crippen LogP contribution in [0.15, 0.2) is 9.59 Å². The van der Waals surface area contributed by atoms with E-state index < -0.39 is 11.2 Å². The van der Waals surface area contributed by atoms with Crippen LogP contribution in [0.2, 0.25) is 0 Å². The van der Waals surface area contributed by atoms with Gasteiger partial charge < -0.3 is 10.4 Å². The van der Waals surface area contributed by atoms with E-state index in [1.54, 1.807) is 0 Å². The standard InChI is InChI=1S/C12H22N4O3/c1-4-5-9(6-7-17)8-13-10-11(18)15(2)12(19)16(3)14-10/h9,17H,4-8H2,1-3H3,(H,13,14). The van der Waals surface area contributed by atoms with Gasteiger partial charge in [0.15, 0.2) is 0 Å². The van der Waals surface area contributed by atoms with Gasteiger partial charge in [-0.25, -0.2) is 9.48 Å². The van der Waals surface area contributed by atoms with E-state index in [9.17, 15) is 9.59 Å². The number of nitrogens with one attached hydrogen (secondary N) is 1. The lowest BCUT2D eigenvalue weighted by atomic mass is 10.0. The van der Waals surface area contributed by atoms with Crippen molar-refractivity contribution in [1.29, 1.82) is 0 Å². The van der Waals surface area contributed by atoms with Crippen molar-refractivity contribution in [3.8, 4) is 0 Å². The fourth-order valence-electron chi connectivity index (χ4n) is 1.99. The van der Waals surface area contributed by atoms with Crippen molar-refractivity contribution < 1.29 is 5.11 Å². The van der Waals surface area contributed by atoms with Crippen LogP contribution in [0.4, 0.5) is 5.82 Å². The van der Waals surface area contributed by atoms with Crippen LogP contribution in [0, 0.1) is 5.92 Å². The highest BCUT2D eigenvalue weighted by atomic mass is 16.3. The molecule has 0 saturated heterocycles. The van der Waals surface area contributed by atoms with Crippen LogP contribution in [0.3, 0.4) is 0 Å². The molecule has 0 aromatic carbocycles. The lowest BCUT2D eigenvalue weighted by Gasteiger charge is -2.16. The Morgan fingerprint density at radius 1 is 1.32 bits per heavy atom. The highest BCUT2D eigenvalue weighted by Crippen LogP contribution is 2.10. The Kier molecular flexibility index (Phi) is 5.75. The van der Waals surface area contributed by atoms with Crippen molar-refractivity contribution in [3.05, 3.63) is 20.8 Å². The topological polar surface area (TPSA) is 89.2 Å². The Morgan fingerprint density at radius 3 is 2.58 bits per heavy atom. The van der Waals surface area contributed by atoms with Crippen LogP contribution in [-0.4, -0.2) is 32.6 Å². The second-order valence-corrected chi connectivity index (χ2v) is 4.67. The fraction of sp³-hybridized carbons (Fsp3) is 0.750. The summed E-state index contributed by atoms with van der Waals surface area (Å²) in [6, 6.07) is 0. The first-order valence-electron chi connectivity index (χ1n) is 6.50. The molecule has 1 atom stereocenters. The third-order valence-electron chi connectivity index (χ3n) is 3.11. The summed E-state index contributed by atoms with van der Waals surface area (Å²) < 4.78 is 2.15. The summed E-state index contributed by atoms with van der Waals surface area (Å²) in [6.45, 7) is 2.77. The fourth-order valence-corrected chi connectivity index (χ4v) is 1.99. The Balaban J connectivity index is 2.83. The number of aromatic nitrogens is 3. The molecule has 19 heavy (non-hydrogen) atoms. The first-order chi connectivity index (χ1) is 9.01. The molecule has 0 amide bonds.